The molecule has 2 aromatic heterocycles. The number of aryl methyl sites for hydroxylation is 1. The van der Waals surface area contributed by atoms with Gasteiger partial charge in [0.25, 0.3) is 5.56 Å². The highest BCUT2D eigenvalue weighted by Gasteiger charge is 2.14. The Bertz CT molecular complexity index is 1050. The second-order valence-electron chi connectivity index (χ2n) is 6.26. The summed E-state index contributed by atoms with van der Waals surface area (Å²) in [7, 11) is 0. The molecule has 0 aliphatic rings. The Morgan fingerprint density at radius 2 is 1.67 bits per heavy atom. The van der Waals surface area contributed by atoms with Crippen molar-refractivity contribution in [3.8, 4) is 0 Å². The second kappa shape index (κ2) is 7.82. The molecular weight excluding hydrogens is 356 g/mol. The fourth-order valence-electron chi connectivity index (χ4n) is 3.06. The minimum Gasteiger partial charge on any atom is -0.301 e. The van der Waals surface area contributed by atoms with Crippen LogP contribution >= 0.6 is 11.3 Å². The molecule has 5 nitrogen and oxygen atoms in total. The van der Waals surface area contributed by atoms with Crippen LogP contribution in [0.5, 0.6) is 0 Å². The Labute approximate surface area is 161 Å². The quantitative estimate of drug-likeness (QED) is 0.559. The molecule has 0 unspecified atom stereocenters. The standard InChI is InChI=1S/C21H20N4OS/c1-2-18-24-25-19(26)13-17(23-21(25)27-18)14-22-20(15-9-5-3-6-10-15)16-11-7-4-8-12-16/h3-13,20,22H,2,14H2,1H3. The smallest absolute Gasteiger partial charge is 0.275 e. The maximum atomic E-state index is 12.4. The van der Waals surface area contributed by atoms with E-state index in [1.165, 1.54) is 27.0 Å². The number of hydrogen-bond acceptors (Lipinski definition) is 5. The van der Waals surface area contributed by atoms with E-state index in [1.807, 2.05) is 43.3 Å². The maximum Gasteiger partial charge on any atom is 0.275 e. The Balaban J connectivity index is 1.63. The van der Waals surface area contributed by atoms with Gasteiger partial charge >= 0.3 is 0 Å². The Morgan fingerprint density at radius 3 is 2.26 bits per heavy atom. The molecule has 0 amide bonds. The molecule has 0 saturated heterocycles. The third-order valence-corrected chi connectivity index (χ3v) is 5.45. The molecule has 0 spiro atoms. The van der Waals surface area contributed by atoms with Crippen LogP contribution in [0.3, 0.4) is 0 Å². The molecule has 0 aliphatic carbocycles. The highest BCUT2D eigenvalue weighted by Crippen LogP contribution is 2.22. The zero-order chi connectivity index (χ0) is 18.6. The minimum absolute atomic E-state index is 0.0281. The number of hydrogen-bond donors (Lipinski definition) is 1. The van der Waals surface area contributed by atoms with Gasteiger partial charge in [0.15, 0.2) is 0 Å². The fraction of sp³-hybridized carbons (Fsp3) is 0.190. The molecule has 0 saturated carbocycles. The van der Waals surface area contributed by atoms with E-state index in [9.17, 15) is 4.79 Å². The third-order valence-electron chi connectivity index (χ3n) is 4.40. The lowest BCUT2D eigenvalue weighted by Gasteiger charge is -2.19. The van der Waals surface area contributed by atoms with Crippen molar-refractivity contribution >= 4 is 16.3 Å². The van der Waals surface area contributed by atoms with Gasteiger partial charge in [-0.1, -0.05) is 78.9 Å². The predicted molar refractivity (Wildman–Crippen MR) is 108 cm³/mol. The SMILES string of the molecule is CCc1nn2c(=O)cc(CNC(c3ccccc3)c3ccccc3)nc2s1. The number of rotatable bonds is 6. The zero-order valence-electron chi connectivity index (χ0n) is 15.0. The summed E-state index contributed by atoms with van der Waals surface area (Å²) in [5.74, 6) is 0. The van der Waals surface area contributed by atoms with Gasteiger partial charge < -0.3 is 5.32 Å². The van der Waals surface area contributed by atoms with Gasteiger partial charge in [-0.15, -0.1) is 0 Å². The summed E-state index contributed by atoms with van der Waals surface area (Å²) in [5.41, 5.74) is 2.94. The number of nitrogens with one attached hydrogen (secondary N) is 1. The van der Waals surface area contributed by atoms with Crippen LogP contribution in [0.1, 0.15) is 34.8 Å². The first-order chi connectivity index (χ1) is 13.2. The largest absolute Gasteiger partial charge is 0.301 e. The molecule has 0 bridgehead atoms. The monoisotopic (exact) mass is 376 g/mol. The first-order valence-electron chi connectivity index (χ1n) is 8.96. The van der Waals surface area contributed by atoms with Crippen LogP contribution in [0.4, 0.5) is 0 Å². The molecule has 136 valence electrons. The summed E-state index contributed by atoms with van der Waals surface area (Å²) in [6.45, 7) is 2.52. The van der Waals surface area contributed by atoms with E-state index in [-0.39, 0.29) is 11.6 Å². The third kappa shape index (κ3) is 3.82. The van der Waals surface area contributed by atoms with Crippen molar-refractivity contribution in [3.05, 3.63) is 98.9 Å². The Hall–Kier alpha value is -2.83. The predicted octanol–water partition coefficient (Wildman–Crippen LogP) is 3.59. The second-order valence-corrected chi connectivity index (χ2v) is 7.31. The zero-order valence-corrected chi connectivity index (χ0v) is 15.8. The molecule has 6 heteroatoms. The van der Waals surface area contributed by atoms with Gasteiger partial charge in [-0.25, -0.2) is 4.98 Å². The van der Waals surface area contributed by atoms with Crippen LogP contribution in [-0.2, 0) is 13.0 Å². The molecule has 4 aromatic rings. The highest BCUT2D eigenvalue weighted by atomic mass is 32.1. The highest BCUT2D eigenvalue weighted by molar-refractivity contribution is 7.16. The van der Waals surface area contributed by atoms with E-state index in [0.717, 1.165) is 17.1 Å². The van der Waals surface area contributed by atoms with Crippen molar-refractivity contribution in [2.45, 2.75) is 25.9 Å². The van der Waals surface area contributed by atoms with Crippen molar-refractivity contribution in [3.63, 3.8) is 0 Å². The van der Waals surface area contributed by atoms with Gasteiger partial charge in [0, 0.05) is 12.6 Å². The van der Waals surface area contributed by atoms with Gasteiger partial charge in [-0.3, -0.25) is 4.79 Å². The minimum atomic E-state index is -0.135. The number of aromatic nitrogens is 3. The lowest BCUT2D eigenvalue weighted by molar-refractivity contribution is 0.596. The molecular formula is C21H20N4OS. The summed E-state index contributed by atoms with van der Waals surface area (Å²) in [5, 5.41) is 8.77. The van der Waals surface area contributed by atoms with Crippen molar-refractivity contribution in [1.29, 1.82) is 0 Å². The van der Waals surface area contributed by atoms with Gasteiger partial charge in [0.1, 0.15) is 5.01 Å². The van der Waals surface area contributed by atoms with Gasteiger partial charge in [-0.05, 0) is 17.5 Å². The lowest BCUT2D eigenvalue weighted by Crippen LogP contribution is -2.24. The maximum absolute atomic E-state index is 12.4. The van der Waals surface area contributed by atoms with E-state index < -0.39 is 0 Å². The average molecular weight is 376 g/mol. The first kappa shape index (κ1) is 17.6. The summed E-state index contributed by atoms with van der Waals surface area (Å²) in [6, 6.07) is 22.2. The average Bonchev–Trinajstić information content (AvgIpc) is 3.14. The molecule has 2 aromatic carbocycles. The molecule has 27 heavy (non-hydrogen) atoms. The summed E-state index contributed by atoms with van der Waals surface area (Å²) in [6.07, 6.45) is 0.797. The molecule has 1 N–H and O–H groups in total. The van der Waals surface area contributed by atoms with Crippen molar-refractivity contribution in [1.82, 2.24) is 19.9 Å². The van der Waals surface area contributed by atoms with Crippen LogP contribution < -0.4 is 10.9 Å². The topological polar surface area (TPSA) is 59.3 Å². The Morgan fingerprint density at radius 1 is 1.04 bits per heavy atom. The normalized spacial score (nSPS) is 11.3. The van der Waals surface area contributed by atoms with Crippen LogP contribution in [0.2, 0.25) is 0 Å². The van der Waals surface area contributed by atoms with E-state index in [1.54, 1.807) is 6.07 Å². The first-order valence-corrected chi connectivity index (χ1v) is 9.78. The van der Waals surface area contributed by atoms with E-state index in [0.29, 0.717) is 11.5 Å². The molecule has 0 aliphatic heterocycles. The molecule has 0 fully saturated rings. The number of nitrogens with zero attached hydrogens (tertiary/aromatic N) is 3. The van der Waals surface area contributed by atoms with Gasteiger partial charge in [0.05, 0.1) is 11.7 Å². The molecule has 2 heterocycles. The fourth-order valence-corrected chi connectivity index (χ4v) is 3.91. The summed E-state index contributed by atoms with van der Waals surface area (Å²) in [4.78, 5) is 17.6. The van der Waals surface area contributed by atoms with Gasteiger partial charge in [-0.2, -0.15) is 9.61 Å². The number of fused-ring (bicyclic) bond motifs is 1. The molecule has 4 rings (SSSR count). The van der Waals surface area contributed by atoms with E-state index in [4.69, 9.17) is 0 Å². The van der Waals surface area contributed by atoms with Crippen LogP contribution in [0.25, 0.3) is 4.96 Å². The molecule has 0 atom stereocenters. The number of benzene rings is 2. The Kier molecular flexibility index (Phi) is 5.09. The van der Waals surface area contributed by atoms with Crippen molar-refractivity contribution in [2.24, 2.45) is 0 Å². The summed E-state index contributed by atoms with van der Waals surface area (Å²) >= 11 is 1.47. The summed E-state index contributed by atoms with van der Waals surface area (Å²) < 4.78 is 1.39. The van der Waals surface area contributed by atoms with Crippen molar-refractivity contribution < 1.29 is 0 Å². The van der Waals surface area contributed by atoms with E-state index >= 15 is 0 Å². The van der Waals surface area contributed by atoms with Gasteiger partial charge in [0.2, 0.25) is 4.96 Å². The lowest BCUT2D eigenvalue weighted by atomic mass is 9.99. The molecule has 0 radical (unpaired) electrons. The van der Waals surface area contributed by atoms with Crippen LogP contribution in [-0.4, -0.2) is 14.6 Å². The van der Waals surface area contributed by atoms with Crippen molar-refractivity contribution in [2.75, 3.05) is 0 Å². The van der Waals surface area contributed by atoms with Crippen LogP contribution in [0.15, 0.2) is 71.5 Å². The van der Waals surface area contributed by atoms with Crippen LogP contribution in [0, 0.1) is 0 Å². The van der Waals surface area contributed by atoms with E-state index in [2.05, 4.69) is 39.7 Å².